The number of benzene rings is 1. The third-order valence-corrected chi connectivity index (χ3v) is 3.67. The molecule has 0 aliphatic carbocycles. The smallest absolute Gasteiger partial charge is 0.338 e. The molecule has 0 amide bonds. The summed E-state index contributed by atoms with van der Waals surface area (Å²) in [5.74, 6) is -0.250. The minimum atomic E-state index is -0.375. The number of anilines is 1. The summed E-state index contributed by atoms with van der Waals surface area (Å²) in [5.41, 5.74) is 2.24. The van der Waals surface area contributed by atoms with Gasteiger partial charge in [-0.3, -0.25) is 9.37 Å². The molecular weight excluding hydrogens is 259 g/mol. The van der Waals surface area contributed by atoms with E-state index in [0.717, 1.165) is 29.7 Å². The lowest BCUT2D eigenvalue weighted by Gasteiger charge is -2.39. The molecule has 1 fully saturated rings. The van der Waals surface area contributed by atoms with Crippen LogP contribution >= 0.6 is 0 Å². The first kappa shape index (κ1) is 12.8. The quantitative estimate of drug-likeness (QED) is 0.806. The van der Waals surface area contributed by atoms with Crippen LogP contribution < -0.4 is 4.90 Å². The fraction of sp³-hybridized carbons (Fsp3) is 0.333. The molecule has 2 aromatic rings. The Hall–Kier alpha value is -2.17. The van der Waals surface area contributed by atoms with Gasteiger partial charge in [0.2, 0.25) is 0 Å². The lowest BCUT2D eigenvalue weighted by molar-refractivity contribution is 0.0603. The van der Waals surface area contributed by atoms with Crippen LogP contribution in [0.2, 0.25) is 0 Å². The van der Waals surface area contributed by atoms with Crippen LogP contribution in [0.15, 0.2) is 30.5 Å². The molecule has 1 aromatic heterocycles. The first-order valence-corrected chi connectivity index (χ1v) is 6.51. The van der Waals surface area contributed by atoms with Gasteiger partial charge < -0.3 is 9.64 Å². The Morgan fingerprint density at radius 1 is 1.45 bits per heavy atom. The fourth-order valence-corrected chi connectivity index (χ4v) is 2.50. The van der Waals surface area contributed by atoms with Gasteiger partial charge in [-0.25, -0.2) is 4.79 Å². The highest BCUT2D eigenvalue weighted by Crippen LogP contribution is 2.29. The van der Waals surface area contributed by atoms with Crippen molar-refractivity contribution in [3.63, 3.8) is 0 Å². The van der Waals surface area contributed by atoms with Crippen molar-refractivity contribution in [2.24, 2.45) is 5.92 Å². The van der Waals surface area contributed by atoms with E-state index < -0.39 is 0 Å². The number of fused-ring (bicyclic) bond motifs is 1. The molecule has 0 saturated carbocycles. The molecule has 2 heterocycles. The summed E-state index contributed by atoms with van der Waals surface area (Å²) >= 11 is 0. The fourth-order valence-electron chi connectivity index (χ4n) is 2.50. The van der Waals surface area contributed by atoms with Gasteiger partial charge in [-0.05, 0) is 24.3 Å². The molecule has 0 spiro atoms. The Balaban J connectivity index is 1.99. The standard InChI is InChI=1S/C15H15FN2O2/c1-20-15(19)12-4-5-17-14-3-2-11(6-13(12)14)18-8-10(7-16)9-18/h2-6,10H,7-9H2,1H3. The number of ether oxygens (including phenoxy) is 1. The first-order valence-electron chi connectivity index (χ1n) is 6.51. The maximum Gasteiger partial charge on any atom is 0.338 e. The van der Waals surface area contributed by atoms with Gasteiger partial charge in [-0.15, -0.1) is 0 Å². The van der Waals surface area contributed by atoms with E-state index in [1.165, 1.54) is 7.11 Å². The summed E-state index contributed by atoms with van der Waals surface area (Å²) in [4.78, 5) is 18.1. The second-order valence-corrected chi connectivity index (χ2v) is 4.98. The average Bonchev–Trinajstić information content (AvgIpc) is 2.44. The van der Waals surface area contributed by atoms with Gasteiger partial charge in [0.15, 0.2) is 0 Å². The molecule has 1 aliphatic heterocycles. The number of pyridine rings is 1. The van der Waals surface area contributed by atoms with E-state index in [1.54, 1.807) is 12.3 Å². The van der Waals surface area contributed by atoms with E-state index in [9.17, 15) is 9.18 Å². The zero-order valence-corrected chi connectivity index (χ0v) is 11.2. The molecule has 4 nitrogen and oxygen atoms in total. The highest BCUT2D eigenvalue weighted by atomic mass is 19.1. The van der Waals surface area contributed by atoms with Crippen molar-refractivity contribution in [2.75, 3.05) is 31.8 Å². The van der Waals surface area contributed by atoms with E-state index in [-0.39, 0.29) is 18.6 Å². The summed E-state index contributed by atoms with van der Waals surface area (Å²) in [7, 11) is 1.36. The predicted molar refractivity (Wildman–Crippen MR) is 74.8 cm³/mol. The van der Waals surface area contributed by atoms with Crippen LogP contribution in [-0.4, -0.2) is 37.8 Å². The lowest BCUT2D eigenvalue weighted by atomic mass is 10.00. The number of carbonyl (C=O) groups is 1. The molecule has 3 rings (SSSR count). The number of rotatable bonds is 3. The van der Waals surface area contributed by atoms with Crippen LogP contribution in [0.25, 0.3) is 10.9 Å². The Labute approximate surface area is 116 Å². The van der Waals surface area contributed by atoms with E-state index in [2.05, 4.69) is 9.88 Å². The summed E-state index contributed by atoms with van der Waals surface area (Å²) in [6.45, 7) is 1.16. The van der Waals surface area contributed by atoms with Crippen molar-refractivity contribution in [2.45, 2.75) is 0 Å². The molecular formula is C15H15FN2O2. The van der Waals surface area contributed by atoms with Crippen molar-refractivity contribution < 1.29 is 13.9 Å². The Bertz CT molecular complexity index is 653. The zero-order chi connectivity index (χ0) is 14.1. The maximum atomic E-state index is 12.5. The number of nitrogens with zero attached hydrogens (tertiary/aromatic N) is 2. The van der Waals surface area contributed by atoms with Crippen LogP contribution in [0.5, 0.6) is 0 Å². The Kier molecular flexibility index (Phi) is 3.26. The minimum Gasteiger partial charge on any atom is -0.465 e. The SMILES string of the molecule is COC(=O)c1ccnc2ccc(N3CC(CF)C3)cc12. The van der Waals surface area contributed by atoms with Crippen molar-refractivity contribution >= 4 is 22.6 Å². The number of esters is 1. The van der Waals surface area contributed by atoms with Crippen molar-refractivity contribution in [3.8, 4) is 0 Å². The third-order valence-electron chi connectivity index (χ3n) is 3.67. The molecule has 1 aliphatic rings. The molecule has 1 aromatic carbocycles. The van der Waals surface area contributed by atoms with Gasteiger partial charge in [0.1, 0.15) is 0 Å². The second-order valence-electron chi connectivity index (χ2n) is 4.98. The van der Waals surface area contributed by atoms with Crippen LogP contribution in [-0.2, 0) is 4.74 Å². The van der Waals surface area contributed by atoms with Crippen molar-refractivity contribution in [3.05, 3.63) is 36.0 Å². The van der Waals surface area contributed by atoms with Gasteiger partial charge >= 0.3 is 5.97 Å². The Morgan fingerprint density at radius 3 is 2.95 bits per heavy atom. The normalized spacial score (nSPS) is 15.2. The highest BCUT2D eigenvalue weighted by Gasteiger charge is 2.27. The molecule has 0 radical (unpaired) electrons. The number of alkyl halides is 1. The molecule has 104 valence electrons. The Morgan fingerprint density at radius 2 is 2.25 bits per heavy atom. The molecule has 1 saturated heterocycles. The molecule has 0 atom stereocenters. The molecule has 0 unspecified atom stereocenters. The molecule has 5 heteroatoms. The number of methoxy groups -OCH3 is 1. The number of halogens is 1. The van der Waals surface area contributed by atoms with E-state index >= 15 is 0 Å². The first-order chi connectivity index (χ1) is 9.72. The van der Waals surface area contributed by atoms with Crippen LogP contribution in [0, 0.1) is 5.92 Å². The second kappa shape index (κ2) is 5.07. The van der Waals surface area contributed by atoms with E-state index in [1.807, 2.05) is 18.2 Å². The minimum absolute atomic E-state index is 0.125. The van der Waals surface area contributed by atoms with E-state index in [0.29, 0.717) is 5.56 Å². The maximum absolute atomic E-state index is 12.5. The zero-order valence-electron chi connectivity index (χ0n) is 11.2. The van der Waals surface area contributed by atoms with E-state index in [4.69, 9.17) is 4.74 Å². The van der Waals surface area contributed by atoms with Gasteiger partial charge in [0.05, 0.1) is 24.9 Å². The summed E-state index contributed by atoms with van der Waals surface area (Å²) < 4.78 is 17.3. The van der Waals surface area contributed by atoms with Crippen molar-refractivity contribution in [1.82, 2.24) is 4.98 Å². The van der Waals surface area contributed by atoms with Gasteiger partial charge in [-0.1, -0.05) is 0 Å². The van der Waals surface area contributed by atoms with Gasteiger partial charge in [0.25, 0.3) is 0 Å². The van der Waals surface area contributed by atoms with Crippen molar-refractivity contribution in [1.29, 1.82) is 0 Å². The van der Waals surface area contributed by atoms with Crippen LogP contribution in [0.3, 0.4) is 0 Å². The average molecular weight is 274 g/mol. The topological polar surface area (TPSA) is 42.4 Å². The van der Waals surface area contributed by atoms with Gasteiger partial charge in [0, 0.05) is 36.3 Å². The number of hydrogen-bond acceptors (Lipinski definition) is 4. The van der Waals surface area contributed by atoms with Crippen LogP contribution in [0.1, 0.15) is 10.4 Å². The summed E-state index contributed by atoms with van der Waals surface area (Å²) in [5, 5.41) is 0.764. The third kappa shape index (κ3) is 2.09. The molecule has 0 bridgehead atoms. The largest absolute Gasteiger partial charge is 0.465 e. The predicted octanol–water partition coefficient (Wildman–Crippen LogP) is 2.43. The highest BCUT2D eigenvalue weighted by molar-refractivity contribution is 6.04. The number of aromatic nitrogens is 1. The lowest BCUT2D eigenvalue weighted by Crippen LogP contribution is -2.47. The summed E-state index contributed by atoms with van der Waals surface area (Å²) in [6, 6.07) is 7.40. The van der Waals surface area contributed by atoms with Crippen LogP contribution in [0.4, 0.5) is 10.1 Å². The molecule has 20 heavy (non-hydrogen) atoms. The molecule has 0 N–H and O–H groups in total. The summed E-state index contributed by atoms with van der Waals surface area (Å²) in [6.07, 6.45) is 1.59. The number of carbonyl (C=O) groups excluding carboxylic acids is 1. The monoisotopic (exact) mass is 274 g/mol. The van der Waals surface area contributed by atoms with Gasteiger partial charge in [-0.2, -0.15) is 0 Å². The number of hydrogen-bond donors (Lipinski definition) is 0.